The van der Waals surface area contributed by atoms with Crippen LogP contribution in [0.2, 0.25) is 0 Å². The minimum absolute atomic E-state index is 0.0324. The Bertz CT molecular complexity index is 637. The molecule has 31 heavy (non-hydrogen) atoms. The van der Waals surface area contributed by atoms with Crippen LogP contribution in [0.15, 0.2) is 53.7 Å². The van der Waals surface area contributed by atoms with Crippen molar-refractivity contribution in [1.29, 1.82) is 0 Å². The number of rotatable bonds is 13. The van der Waals surface area contributed by atoms with Gasteiger partial charge in [0.25, 0.3) is 6.43 Å². The predicted molar refractivity (Wildman–Crippen MR) is 126 cm³/mol. The standard InChI is InChI=1S/C24H40F2N4O/c1-7-11-23(30(9-3)19(5)12-13-21(8-2)24(25)26)28-20(6)29-16-14-22(15-17-29)27-18-31-10-4/h7-8,12-13,20,22,24,27H,1-2,9-11,14-18H2,3-6H3/b19-12+,21-13+,28-23-. The second kappa shape index (κ2) is 15.1. The molecular formula is C24H40F2N4O. The highest BCUT2D eigenvalue weighted by molar-refractivity contribution is 5.85. The lowest BCUT2D eigenvalue weighted by atomic mass is 10.1. The van der Waals surface area contributed by atoms with Crippen molar-refractivity contribution < 1.29 is 13.5 Å². The Morgan fingerprint density at radius 2 is 1.94 bits per heavy atom. The van der Waals surface area contributed by atoms with Gasteiger partial charge in [0.15, 0.2) is 0 Å². The summed E-state index contributed by atoms with van der Waals surface area (Å²) in [5.41, 5.74) is 0.765. The summed E-state index contributed by atoms with van der Waals surface area (Å²) in [7, 11) is 0. The number of ether oxygens (including phenoxy) is 1. The van der Waals surface area contributed by atoms with Crippen molar-refractivity contribution in [3.8, 4) is 0 Å². The van der Waals surface area contributed by atoms with E-state index in [9.17, 15) is 8.78 Å². The van der Waals surface area contributed by atoms with E-state index >= 15 is 0 Å². The fraction of sp³-hybridized carbons (Fsp3) is 0.625. The van der Waals surface area contributed by atoms with Gasteiger partial charge in [-0.1, -0.05) is 24.8 Å². The zero-order valence-corrected chi connectivity index (χ0v) is 19.6. The minimum Gasteiger partial charge on any atom is -0.367 e. The molecule has 0 spiro atoms. The largest absolute Gasteiger partial charge is 0.367 e. The smallest absolute Gasteiger partial charge is 0.263 e. The van der Waals surface area contributed by atoms with E-state index in [-0.39, 0.29) is 11.7 Å². The summed E-state index contributed by atoms with van der Waals surface area (Å²) in [4.78, 5) is 9.42. The molecule has 7 heteroatoms. The maximum atomic E-state index is 13.0. The Hall–Kier alpha value is -1.83. The molecule has 1 aliphatic heterocycles. The molecule has 5 nitrogen and oxygen atoms in total. The molecule has 0 saturated carbocycles. The van der Waals surface area contributed by atoms with Gasteiger partial charge in [0.05, 0.1) is 6.73 Å². The number of piperidine rings is 1. The molecule has 1 rings (SSSR count). The van der Waals surface area contributed by atoms with E-state index in [1.165, 1.54) is 12.2 Å². The second-order valence-corrected chi connectivity index (χ2v) is 7.55. The summed E-state index contributed by atoms with van der Waals surface area (Å²) in [5.74, 6) is 0.890. The Morgan fingerprint density at radius 3 is 2.45 bits per heavy atom. The molecule has 1 atom stereocenters. The lowest BCUT2D eigenvalue weighted by molar-refractivity contribution is 0.0964. The average molecular weight is 439 g/mol. The van der Waals surface area contributed by atoms with Crippen molar-refractivity contribution >= 4 is 5.84 Å². The molecule has 0 aromatic carbocycles. The van der Waals surface area contributed by atoms with Crippen molar-refractivity contribution in [3.63, 3.8) is 0 Å². The lowest BCUT2D eigenvalue weighted by Crippen LogP contribution is -2.46. The summed E-state index contributed by atoms with van der Waals surface area (Å²) >= 11 is 0. The van der Waals surface area contributed by atoms with Crippen molar-refractivity contribution in [2.75, 3.05) is 33.0 Å². The first-order valence-electron chi connectivity index (χ1n) is 11.2. The molecule has 176 valence electrons. The van der Waals surface area contributed by atoms with Gasteiger partial charge in [-0.3, -0.25) is 15.2 Å². The third-order valence-corrected chi connectivity index (χ3v) is 5.46. The van der Waals surface area contributed by atoms with Crippen molar-refractivity contribution in [2.24, 2.45) is 4.99 Å². The highest BCUT2D eigenvalue weighted by Gasteiger charge is 2.23. The molecule has 1 saturated heterocycles. The number of hydrogen-bond acceptors (Lipinski definition) is 4. The van der Waals surface area contributed by atoms with E-state index in [1.54, 1.807) is 6.08 Å². The first-order valence-corrected chi connectivity index (χ1v) is 11.2. The molecule has 1 fully saturated rings. The molecule has 0 radical (unpaired) electrons. The van der Waals surface area contributed by atoms with Crippen molar-refractivity contribution in [3.05, 3.63) is 48.7 Å². The molecule has 1 aliphatic rings. The van der Waals surface area contributed by atoms with E-state index in [1.807, 2.05) is 26.8 Å². The SMILES string of the molecule is C=CC/C(=N/C(C)N1CCC(NCOCC)CC1)N(CC)/C(C)=C/C=C(\C=C)C(F)F. The quantitative estimate of drug-likeness (QED) is 0.110. The molecule has 0 aliphatic carbocycles. The van der Waals surface area contributed by atoms with Crippen LogP contribution in [-0.2, 0) is 4.74 Å². The highest BCUT2D eigenvalue weighted by Crippen LogP contribution is 2.17. The van der Waals surface area contributed by atoms with E-state index in [4.69, 9.17) is 9.73 Å². The Balaban J connectivity index is 2.87. The van der Waals surface area contributed by atoms with Crippen LogP contribution in [0.4, 0.5) is 8.78 Å². The van der Waals surface area contributed by atoms with Crippen molar-refractivity contribution in [2.45, 2.75) is 65.6 Å². The summed E-state index contributed by atoms with van der Waals surface area (Å²) in [6.45, 7) is 19.3. The fourth-order valence-corrected chi connectivity index (χ4v) is 3.59. The minimum atomic E-state index is -2.54. The van der Waals surface area contributed by atoms with Crippen LogP contribution in [0.25, 0.3) is 0 Å². The number of allylic oxidation sites excluding steroid dienone is 5. The number of nitrogens with zero attached hydrogens (tertiary/aromatic N) is 3. The second-order valence-electron chi connectivity index (χ2n) is 7.55. The van der Waals surface area contributed by atoms with Crippen LogP contribution < -0.4 is 5.32 Å². The van der Waals surface area contributed by atoms with Gasteiger partial charge in [-0.2, -0.15) is 0 Å². The third-order valence-electron chi connectivity index (χ3n) is 5.46. The zero-order chi connectivity index (χ0) is 23.2. The third kappa shape index (κ3) is 9.46. The van der Waals surface area contributed by atoms with Crippen LogP contribution >= 0.6 is 0 Å². The number of aliphatic imine (C=N–C) groups is 1. The maximum Gasteiger partial charge on any atom is 0.263 e. The number of nitrogens with one attached hydrogen (secondary N) is 1. The zero-order valence-electron chi connectivity index (χ0n) is 19.6. The molecule has 0 aromatic heterocycles. The van der Waals surface area contributed by atoms with E-state index in [0.717, 1.165) is 44.1 Å². The van der Waals surface area contributed by atoms with Gasteiger partial charge < -0.3 is 9.64 Å². The monoisotopic (exact) mass is 438 g/mol. The van der Waals surface area contributed by atoms with E-state index < -0.39 is 6.43 Å². The average Bonchev–Trinajstić information content (AvgIpc) is 2.75. The van der Waals surface area contributed by atoms with Gasteiger partial charge in [-0.25, -0.2) is 8.78 Å². The van der Waals surface area contributed by atoms with Gasteiger partial charge >= 0.3 is 0 Å². The summed E-state index contributed by atoms with van der Waals surface area (Å²) in [6.07, 6.45) is 6.37. The van der Waals surface area contributed by atoms with Gasteiger partial charge in [0.1, 0.15) is 12.0 Å². The molecule has 0 aromatic rings. The van der Waals surface area contributed by atoms with Gasteiger partial charge in [0, 0.05) is 50.0 Å². The number of alkyl halides is 2. The summed E-state index contributed by atoms with van der Waals surface area (Å²) < 4.78 is 31.3. The van der Waals surface area contributed by atoms with Crippen LogP contribution in [0.1, 0.15) is 47.0 Å². The predicted octanol–water partition coefficient (Wildman–Crippen LogP) is 4.96. The van der Waals surface area contributed by atoms with Gasteiger partial charge in [-0.05, 0) is 46.6 Å². The van der Waals surface area contributed by atoms with Gasteiger partial charge in [0.2, 0.25) is 0 Å². The Kier molecular flexibility index (Phi) is 13.2. The van der Waals surface area contributed by atoms with Gasteiger partial charge in [-0.15, -0.1) is 6.58 Å². The van der Waals surface area contributed by atoms with E-state index in [0.29, 0.717) is 25.7 Å². The lowest BCUT2D eigenvalue weighted by Gasteiger charge is -2.35. The molecule has 1 unspecified atom stereocenters. The maximum absolute atomic E-state index is 13.0. The topological polar surface area (TPSA) is 40.1 Å². The Labute approximate surface area is 187 Å². The van der Waals surface area contributed by atoms with Crippen LogP contribution in [0, 0.1) is 0 Å². The Morgan fingerprint density at radius 1 is 1.26 bits per heavy atom. The fourth-order valence-electron chi connectivity index (χ4n) is 3.59. The number of halogens is 2. The summed E-state index contributed by atoms with van der Waals surface area (Å²) in [5, 5.41) is 3.44. The van der Waals surface area contributed by atoms with E-state index in [2.05, 4.69) is 35.2 Å². The van der Waals surface area contributed by atoms with Crippen LogP contribution in [0.3, 0.4) is 0 Å². The molecule has 1 heterocycles. The highest BCUT2D eigenvalue weighted by atomic mass is 19.3. The number of amidine groups is 1. The number of likely N-dealkylation sites (tertiary alicyclic amines) is 1. The molecule has 0 bridgehead atoms. The summed E-state index contributed by atoms with van der Waals surface area (Å²) in [6, 6.07) is 0.477. The molecule has 1 N–H and O–H groups in total. The van der Waals surface area contributed by atoms with Crippen LogP contribution in [0.5, 0.6) is 0 Å². The first-order chi connectivity index (χ1) is 14.9. The first kappa shape index (κ1) is 27.2. The molecule has 0 amide bonds. The van der Waals surface area contributed by atoms with Crippen LogP contribution in [-0.4, -0.2) is 67.2 Å². The van der Waals surface area contributed by atoms with Crippen molar-refractivity contribution in [1.82, 2.24) is 15.1 Å². The normalized spacial score (nSPS) is 18.4. The molecular weight excluding hydrogens is 398 g/mol. The number of hydrogen-bond donors (Lipinski definition) is 1.